The summed E-state index contributed by atoms with van der Waals surface area (Å²) in [6.07, 6.45) is -3.18. The molecule has 1 N–H and O–H groups in total. The standard InChI is InChI=1S/C24H31ClF5N3O3S/c1-2-11-37(35,36)32-13-17-4-5-18(14-32)33(17)22(7-9-23(26,27)10-8-22)15-31-21(34)19-6-3-16(12-20(19)25)24(28,29)30/h3,6,12,17-18H,2,4-5,7-11,13-15H2,1H3,(H,31,34). The van der Waals surface area contributed by atoms with Crippen LogP contribution in [0.5, 0.6) is 0 Å². The lowest BCUT2D eigenvalue weighted by Crippen LogP contribution is -2.67. The highest BCUT2D eigenvalue weighted by atomic mass is 35.5. The van der Waals surface area contributed by atoms with Crippen molar-refractivity contribution in [1.82, 2.24) is 14.5 Å². The Morgan fingerprint density at radius 2 is 1.70 bits per heavy atom. The average Bonchev–Trinajstić information content (AvgIpc) is 3.07. The van der Waals surface area contributed by atoms with Gasteiger partial charge in [0.2, 0.25) is 15.9 Å². The summed E-state index contributed by atoms with van der Waals surface area (Å²) in [5, 5.41) is 2.39. The zero-order valence-corrected chi connectivity index (χ0v) is 22.0. The Balaban J connectivity index is 1.55. The summed E-state index contributed by atoms with van der Waals surface area (Å²) < 4.78 is 94.2. The van der Waals surface area contributed by atoms with Crippen LogP contribution in [0, 0.1) is 0 Å². The minimum absolute atomic E-state index is 0.00791. The molecular formula is C24H31ClF5N3O3S. The van der Waals surface area contributed by atoms with E-state index in [0.29, 0.717) is 12.5 Å². The number of amides is 1. The van der Waals surface area contributed by atoms with Crippen molar-refractivity contribution in [3.63, 3.8) is 0 Å². The third-order valence-corrected chi connectivity index (χ3v) is 10.2. The molecule has 2 bridgehead atoms. The summed E-state index contributed by atoms with van der Waals surface area (Å²) in [5.41, 5.74) is -1.93. The second kappa shape index (κ2) is 10.2. The van der Waals surface area contributed by atoms with Gasteiger partial charge in [-0.2, -0.15) is 17.5 Å². The molecular weight excluding hydrogens is 541 g/mol. The lowest BCUT2D eigenvalue weighted by molar-refractivity contribution is -0.137. The first kappa shape index (κ1) is 28.5. The molecule has 6 nitrogen and oxygen atoms in total. The molecule has 3 fully saturated rings. The van der Waals surface area contributed by atoms with Crippen LogP contribution in [0.2, 0.25) is 5.02 Å². The quantitative estimate of drug-likeness (QED) is 0.472. The number of carbonyl (C=O) groups is 1. The van der Waals surface area contributed by atoms with Crippen LogP contribution in [-0.4, -0.2) is 72.5 Å². The second-order valence-corrected chi connectivity index (χ2v) is 12.9. The number of hydrogen-bond acceptors (Lipinski definition) is 4. The summed E-state index contributed by atoms with van der Waals surface area (Å²) in [4.78, 5) is 15.1. The molecule has 208 valence electrons. The first-order valence-electron chi connectivity index (χ1n) is 12.5. The number of piperazine rings is 1. The molecule has 2 aliphatic heterocycles. The van der Waals surface area contributed by atoms with E-state index in [2.05, 4.69) is 10.2 Å². The van der Waals surface area contributed by atoms with Gasteiger partial charge in [-0.1, -0.05) is 18.5 Å². The number of hydrogen-bond donors (Lipinski definition) is 1. The summed E-state index contributed by atoms with van der Waals surface area (Å²) in [6.45, 7) is 2.35. The SMILES string of the molecule is CCCS(=O)(=O)N1CC2CCC(C1)N2C1(CNC(=O)c2ccc(C(F)(F)F)cc2Cl)CCC(F)(F)CC1. The molecule has 0 aromatic heterocycles. The fraction of sp³-hybridized carbons (Fsp3) is 0.708. The predicted molar refractivity (Wildman–Crippen MR) is 129 cm³/mol. The van der Waals surface area contributed by atoms with Crippen LogP contribution in [0.4, 0.5) is 22.0 Å². The van der Waals surface area contributed by atoms with Crippen LogP contribution < -0.4 is 5.32 Å². The Hall–Kier alpha value is -1.50. The zero-order chi connectivity index (χ0) is 27.2. The maximum absolute atomic E-state index is 14.2. The smallest absolute Gasteiger partial charge is 0.350 e. The van der Waals surface area contributed by atoms with Crippen LogP contribution in [0.1, 0.15) is 67.8 Å². The monoisotopic (exact) mass is 571 g/mol. The van der Waals surface area contributed by atoms with Crippen molar-refractivity contribution >= 4 is 27.5 Å². The largest absolute Gasteiger partial charge is 0.416 e. The number of benzene rings is 1. The third-order valence-electron chi connectivity index (χ3n) is 7.88. The van der Waals surface area contributed by atoms with Gasteiger partial charge in [-0.25, -0.2) is 17.2 Å². The Kier molecular flexibility index (Phi) is 7.89. The van der Waals surface area contributed by atoms with Crippen molar-refractivity contribution in [1.29, 1.82) is 0 Å². The van der Waals surface area contributed by atoms with Crippen LogP contribution in [0.15, 0.2) is 18.2 Å². The van der Waals surface area contributed by atoms with Gasteiger partial charge in [0, 0.05) is 50.1 Å². The van der Waals surface area contributed by atoms with Gasteiger partial charge < -0.3 is 5.32 Å². The molecule has 1 aliphatic carbocycles. The van der Waals surface area contributed by atoms with E-state index < -0.39 is 39.1 Å². The van der Waals surface area contributed by atoms with Crippen molar-refractivity contribution < 1.29 is 35.2 Å². The van der Waals surface area contributed by atoms with E-state index >= 15 is 0 Å². The Bertz CT molecular complexity index is 1110. The summed E-state index contributed by atoms with van der Waals surface area (Å²) >= 11 is 5.98. The van der Waals surface area contributed by atoms with Crippen molar-refractivity contribution in [3.8, 4) is 0 Å². The number of nitrogens with zero attached hydrogens (tertiary/aromatic N) is 2. The van der Waals surface area contributed by atoms with Gasteiger partial charge in [-0.3, -0.25) is 9.69 Å². The van der Waals surface area contributed by atoms with Crippen LogP contribution in [-0.2, 0) is 16.2 Å². The highest BCUT2D eigenvalue weighted by Gasteiger charge is 2.55. The fourth-order valence-electron chi connectivity index (χ4n) is 6.08. The lowest BCUT2D eigenvalue weighted by Gasteiger charge is -2.54. The molecule has 2 atom stereocenters. The molecule has 0 radical (unpaired) electrons. The number of nitrogens with one attached hydrogen (secondary N) is 1. The minimum Gasteiger partial charge on any atom is -0.350 e. The molecule has 37 heavy (non-hydrogen) atoms. The maximum atomic E-state index is 14.2. The number of carbonyl (C=O) groups excluding carboxylic acids is 1. The predicted octanol–water partition coefficient (Wildman–Crippen LogP) is 4.93. The fourth-order valence-corrected chi connectivity index (χ4v) is 7.91. The highest BCUT2D eigenvalue weighted by Crippen LogP contribution is 2.47. The summed E-state index contributed by atoms with van der Waals surface area (Å²) in [6, 6.07) is 2.13. The number of rotatable bonds is 7. The lowest BCUT2D eigenvalue weighted by atomic mass is 9.77. The Labute approximate surface area is 218 Å². The van der Waals surface area contributed by atoms with E-state index in [1.165, 1.54) is 4.31 Å². The molecule has 0 spiro atoms. The number of halogens is 6. The van der Waals surface area contributed by atoms with E-state index in [9.17, 15) is 35.2 Å². The van der Waals surface area contributed by atoms with E-state index in [0.717, 1.165) is 25.0 Å². The van der Waals surface area contributed by atoms with Crippen molar-refractivity contribution in [2.45, 2.75) is 81.6 Å². The minimum atomic E-state index is -4.61. The second-order valence-electron chi connectivity index (χ2n) is 10.4. The number of alkyl halides is 5. The van der Waals surface area contributed by atoms with Gasteiger partial charge in [0.1, 0.15) is 0 Å². The molecule has 2 unspecified atom stereocenters. The van der Waals surface area contributed by atoms with Gasteiger partial charge in [-0.15, -0.1) is 0 Å². The molecule has 1 saturated carbocycles. The summed E-state index contributed by atoms with van der Waals surface area (Å²) in [5.74, 6) is -3.46. The Morgan fingerprint density at radius 1 is 1.11 bits per heavy atom. The van der Waals surface area contributed by atoms with E-state index in [1.807, 2.05) is 0 Å². The van der Waals surface area contributed by atoms with Crippen molar-refractivity contribution in [3.05, 3.63) is 34.3 Å². The molecule has 1 aromatic rings. The molecule has 2 saturated heterocycles. The van der Waals surface area contributed by atoms with Gasteiger partial charge in [-0.05, 0) is 50.3 Å². The number of sulfonamides is 1. The summed E-state index contributed by atoms with van der Waals surface area (Å²) in [7, 11) is -3.41. The van der Waals surface area contributed by atoms with Gasteiger partial charge >= 0.3 is 6.18 Å². The molecule has 13 heteroatoms. The maximum Gasteiger partial charge on any atom is 0.416 e. The van der Waals surface area contributed by atoms with Gasteiger partial charge in [0.25, 0.3) is 5.91 Å². The Morgan fingerprint density at radius 3 is 2.22 bits per heavy atom. The molecule has 1 amide bonds. The first-order chi connectivity index (χ1) is 17.2. The molecule has 3 aliphatic rings. The van der Waals surface area contributed by atoms with Gasteiger partial charge in [0.05, 0.1) is 21.9 Å². The van der Waals surface area contributed by atoms with Crippen molar-refractivity contribution in [2.24, 2.45) is 0 Å². The van der Waals surface area contributed by atoms with E-state index in [-0.39, 0.29) is 73.7 Å². The van der Waals surface area contributed by atoms with Crippen molar-refractivity contribution in [2.75, 3.05) is 25.4 Å². The third kappa shape index (κ3) is 5.91. The first-order valence-corrected chi connectivity index (χ1v) is 14.5. The van der Waals surface area contributed by atoms with E-state index in [1.54, 1.807) is 6.92 Å². The van der Waals surface area contributed by atoms with E-state index in [4.69, 9.17) is 11.6 Å². The number of fused-ring (bicyclic) bond motifs is 2. The highest BCUT2D eigenvalue weighted by molar-refractivity contribution is 7.89. The van der Waals surface area contributed by atoms with Crippen LogP contribution in [0.25, 0.3) is 0 Å². The van der Waals surface area contributed by atoms with Gasteiger partial charge in [0.15, 0.2) is 0 Å². The van der Waals surface area contributed by atoms with Crippen LogP contribution in [0.3, 0.4) is 0 Å². The molecule has 2 heterocycles. The normalized spacial score (nSPS) is 26.2. The average molecular weight is 572 g/mol. The zero-order valence-electron chi connectivity index (χ0n) is 20.5. The topological polar surface area (TPSA) is 69.7 Å². The molecule has 4 rings (SSSR count). The van der Waals surface area contributed by atoms with Crippen LogP contribution >= 0.6 is 11.6 Å². The molecule has 1 aromatic carbocycles.